The fraction of sp³-hybridized carbons (Fsp3) is 0.300. The normalized spacial score (nSPS) is 12.1. The molecule has 0 fully saturated rings. The second-order valence-corrected chi connectivity index (χ2v) is 6.21. The highest BCUT2D eigenvalue weighted by Crippen LogP contribution is 2.25. The van der Waals surface area contributed by atoms with E-state index in [-0.39, 0.29) is 42.8 Å². The van der Waals surface area contributed by atoms with Gasteiger partial charge in [0.25, 0.3) is 5.91 Å². The van der Waals surface area contributed by atoms with E-state index in [1.807, 2.05) is 6.07 Å². The van der Waals surface area contributed by atoms with Gasteiger partial charge in [-0.3, -0.25) is 9.59 Å². The Hall–Kier alpha value is -2.77. The number of anilines is 2. The van der Waals surface area contributed by atoms with E-state index in [4.69, 9.17) is 15.2 Å². The highest BCUT2D eigenvalue weighted by molar-refractivity contribution is 5.95. The smallest absolute Gasteiger partial charge is 0.262 e. The average molecular weight is 408 g/mol. The van der Waals surface area contributed by atoms with Crippen LogP contribution in [0.3, 0.4) is 0 Å². The van der Waals surface area contributed by atoms with E-state index in [1.54, 1.807) is 56.3 Å². The molecular formula is C20H26ClN3O4. The molecule has 4 N–H and O–H groups in total. The van der Waals surface area contributed by atoms with Gasteiger partial charge in [0.2, 0.25) is 5.91 Å². The lowest BCUT2D eigenvalue weighted by Crippen LogP contribution is -2.34. The Morgan fingerprint density at radius 2 is 1.61 bits per heavy atom. The van der Waals surface area contributed by atoms with Gasteiger partial charge in [-0.2, -0.15) is 0 Å². The van der Waals surface area contributed by atoms with Gasteiger partial charge in [0.1, 0.15) is 0 Å². The quantitative estimate of drug-likeness (QED) is 0.624. The van der Waals surface area contributed by atoms with Crippen molar-refractivity contribution in [3.8, 4) is 11.5 Å². The van der Waals surface area contributed by atoms with Gasteiger partial charge in [-0.15, -0.1) is 12.4 Å². The molecule has 0 aromatic heterocycles. The van der Waals surface area contributed by atoms with Gasteiger partial charge >= 0.3 is 0 Å². The van der Waals surface area contributed by atoms with Gasteiger partial charge in [0.15, 0.2) is 18.1 Å². The minimum Gasteiger partial charge on any atom is -0.493 e. The predicted molar refractivity (Wildman–Crippen MR) is 112 cm³/mol. The molecule has 28 heavy (non-hydrogen) atoms. The third kappa shape index (κ3) is 6.75. The van der Waals surface area contributed by atoms with Crippen molar-refractivity contribution in [2.45, 2.75) is 19.9 Å². The molecule has 0 saturated carbocycles. The number of nitrogens with one attached hydrogen (secondary N) is 2. The average Bonchev–Trinajstić information content (AvgIpc) is 2.66. The summed E-state index contributed by atoms with van der Waals surface area (Å²) >= 11 is 0. The zero-order valence-corrected chi connectivity index (χ0v) is 16.9. The minimum absolute atomic E-state index is 0. The molecule has 0 radical (unpaired) electrons. The second-order valence-electron chi connectivity index (χ2n) is 6.21. The summed E-state index contributed by atoms with van der Waals surface area (Å²) in [5.74, 6) is 0.220. The van der Waals surface area contributed by atoms with Crippen LogP contribution in [-0.4, -0.2) is 31.6 Å². The summed E-state index contributed by atoms with van der Waals surface area (Å²) in [5.41, 5.74) is 6.88. The van der Waals surface area contributed by atoms with Gasteiger partial charge in [0.05, 0.1) is 13.0 Å². The summed E-state index contributed by atoms with van der Waals surface area (Å²) in [5, 5.41) is 5.53. The summed E-state index contributed by atoms with van der Waals surface area (Å²) in [7, 11) is 1.54. The Kier molecular flexibility index (Phi) is 9.27. The van der Waals surface area contributed by atoms with Gasteiger partial charge in [-0.05, 0) is 37.3 Å². The standard InChI is InChI=1S/C20H25N3O4.ClH/c1-13(14(2)21)20(25)23-16-8-6-7-15(11-16)22-19(24)12-27-18-10-5-4-9-17(18)26-3;/h4-11,13-14H,12,21H2,1-3H3,(H,22,24)(H,23,25);1H. The number of hydrogen-bond donors (Lipinski definition) is 3. The van der Waals surface area contributed by atoms with Crippen molar-refractivity contribution in [2.24, 2.45) is 11.7 Å². The molecule has 2 rings (SSSR count). The van der Waals surface area contributed by atoms with E-state index in [2.05, 4.69) is 10.6 Å². The number of halogens is 1. The van der Waals surface area contributed by atoms with E-state index < -0.39 is 0 Å². The number of rotatable bonds is 8. The Bertz CT molecular complexity index is 799. The van der Waals surface area contributed by atoms with Crippen LogP contribution < -0.4 is 25.8 Å². The van der Waals surface area contributed by atoms with E-state index in [0.29, 0.717) is 22.9 Å². The molecule has 0 spiro atoms. The lowest BCUT2D eigenvalue weighted by molar-refractivity contribution is -0.120. The first-order valence-corrected chi connectivity index (χ1v) is 8.63. The first-order valence-electron chi connectivity index (χ1n) is 8.63. The van der Waals surface area contributed by atoms with Crippen molar-refractivity contribution in [3.63, 3.8) is 0 Å². The Labute approximate surface area is 171 Å². The van der Waals surface area contributed by atoms with Crippen LogP contribution in [0.15, 0.2) is 48.5 Å². The fourth-order valence-corrected chi connectivity index (χ4v) is 2.25. The molecule has 0 aliphatic carbocycles. The minimum atomic E-state index is -0.326. The number of methoxy groups -OCH3 is 1. The molecule has 8 heteroatoms. The number of carbonyl (C=O) groups is 2. The maximum absolute atomic E-state index is 12.1. The highest BCUT2D eigenvalue weighted by Gasteiger charge is 2.17. The molecule has 0 aliphatic rings. The number of amides is 2. The van der Waals surface area contributed by atoms with Crippen molar-refractivity contribution in [1.29, 1.82) is 0 Å². The maximum atomic E-state index is 12.1. The van der Waals surface area contributed by atoms with E-state index in [1.165, 1.54) is 7.11 Å². The third-order valence-corrected chi connectivity index (χ3v) is 4.04. The van der Waals surface area contributed by atoms with Crippen LogP contribution in [0.5, 0.6) is 11.5 Å². The predicted octanol–water partition coefficient (Wildman–Crippen LogP) is 3.06. The van der Waals surface area contributed by atoms with Crippen LogP contribution in [0.2, 0.25) is 0 Å². The van der Waals surface area contributed by atoms with E-state index >= 15 is 0 Å². The number of hydrogen-bond acceptors (Lipinski definition) is 5. The van der Waals surface area contributed by atoms with Gasteiger partial charge in [-0.1, -0.05) is 25.1 Å². The molecule has 2 aromatic rings. The Morgan fingerprint density at radius 1 is 1.00 bits per heavy atom. The van der Waals surface area contributed by atoms with Crippen LogP contribution >= 0.6 is 12.4 Å². The zero-order valence-electron chi connectivity index (χ0n) is 16.1. The van der Waals surface area contributed by atoms with Gasteiger partial charge in [-0.25, -0.2) is 0 Å². The highest BCUT2D eigenvalue weighted by atomic mass is 35.5. The molecule has 0 saturated heterocycles. The van der Waals surface area contributed by atoms with Crippen molar-refractivity contribution in [1.82, 2.24) is 0 Å². The zero-order chi connectivity index (χ0) is 19.8. The molecule has 2 atom stereocenters. The SMILES string of the molecule is COc1ccccc1OCC(=O)Nc1cccc(NC(=O)C(C)C(C)N)c1.Cl. The lowest BCUT2D eigenvalue weighted by atomic mass is 10.0. The Balaban J connectivity index is 0.00000392. The first kappa shape index (κ1) is 23.3. The summed E-state index contributed by atoms with van der Waals surface area (Å²) in [6.45, 7) is 3.38. The Morgan fingerprint density at radius 3 is 2.21 bits per heavy atom. The third-order valence-electron chi connectivity index (χ3n) is 4.04. The molecule has 7 nitrogen and oxygen atoms in total. The van der Waals surface area contributed by atoms with Crippen LogP contribution in [0.25, 0.3) is 0 Å². The number of ether oxygens (including phenoxy) is 2. The van der Waals surface area contributed by atoms with Crippen molar-refractivity contribution >= 4 is 35.6 Å². The number of carbonyl (C=O) groups excluding carboxylic acids is 2. The van der Waals surface area contributed by atoms with Crippen LogP contribution in [0, 0.1) is 5.92 Å². The van der Waals surface area contributed by atoms with E-state index in [0.717, 1.165) is 0 Å². The fourth-order valence-electron chi connectivity index (χ4n) is 2.25. The van der Waals surface area contributed by atoms with Crippen molar-refractivity contribution < 1.29 is 19.1 Å². The molecule has 2 amide bonds. The van der Waals surface area contributed by atoms with Crippen LogP contribution in [-0.2, 0) is 9.59 Å². The molecule has 152 valence electrons. The molecule has 2 aromatic carbocycles. The lowest BCUT2D eigenvalue weighted by Gasteiger charge is -2.16. The molecule has 0 heterocycles. The second kappa shape index (κ2) is 11.2. The molecule has 0 bridgehead atoms. The molecule has 0 aliphatic heterocycles. The number of para-hydroxylation sites is 2. The van der Waals surface area contributed by atoms with Gasteiger partial charge in [0, 0.05) is 17.4 Å². The molecule has 2 unspecified atom stereocenters. The largest absolute Gasteiger partial charge is 0.493 e. The van der Waals surface area contributed by atoms with Crippen LogP contribution in [0.1, 0.15) is 13.8 Å². The van der Waals surface area contributed by atoms with Crippen molar-refractivity contribution in [3.05, 3.63) is 48.5 Å². The molecular weight excluding hydrogens is 382 g/mol. The maximum Gasteiger partial charge on any atom is 0.262 e. The van der Waals surface area contributed by atoms with Crippen molar-refractivity contribution in [2.75, 3.05) is 24.4 Å². The number of benzene rings is 2. The van der Waals surface area contributed by atoms with E-state index in [9.17, 15) is 9.59 Å². The summed E-state index contributed by atoms with van der Waals surface area (Å²) in [6.07, 6.45) is 0. The summed E-state index contributed by atoms with van der Waals surface area (Å²) in [6, 6.07) is 13.7. The topological polar surface area (TPSA) is 103 Å². The summed E-state index contributed by atoms with van der Waals surface area (Å²) < 4.78 is 10.7. The first-order chi connectivity index (χ1) is 12.9. The summed E-state index contributed by atoms with van der Waals surface area (Å²) in [4.78, 5) is 24.2. The number of nitrogens with two attached hydrogens (primary N) is 1. The van der Waals surface area contributed by atoms with Crippen LogP contribution in [0.4, 0.5) is 11.4 Å². The van der Waals surface area contributed by atoms with Gasteiger partial charge < -0.3 is 25.8 Å². The monoisotopic (exact) mass is 407 g/mol.